The maximum atomic E-state index is 12.3. The van der Waals surface area contributed by atoms with Crippen molar-refractivity contribution < 1.29 is 18.7 Å². The number of pyridine rings is 1. The highest BCUT2D eigenvalue weighted by Crippen LogP contribution is 2.29. The van der Waals surface area contributed by atoms with E-state index >= 15 is 0 Å². The minimum absolute atomic E-state index is 0.167. The van der Waals surface area contributed by atoms with Crippen LogP contribution in [0.2, 0.25) is 0 Å². The van der Waals surface area contributed by atoms with Gasteiger partial charge in [0.15, 0.2) is 6.61 Å². The first-order chi connectivity index (χ1) is 16.2. The Bertz CT molecular complexity index is 1350. The summed E-state index contributed by atoms with van der Waals surface area (Å²) in [6.45, 7) is 0.252. The lowest BCUT2D eigenvalue weighted by Gasteiger charge is -2.10. The van der Waals surface area contributed by atoms with Crippen LogP contribution in [0.25, 0.3) is 11.0 Å². The van der Waals surface area contributed by atoms with Crippen molar-refractivity contribution in [2.75, 3.05) is 11.9 Å². The summed E-state index contributed by atoms with van der Waals surface area (Å²) in [7, 11) is 0. The number of carbonyl (C=O) groups is 1. The summed E-state index contributed by atoms with van der Waals surface area (Å²) in [6.07, 6.45) is 6.09. The minimum Gasteiger partial charge on any atom is -0.489 e. The predicted molar refractivity (Wildman–Crippen MR) is 124 cm³/mol. The van der Waals surface area contributed by atoms with Gasteiger partial charge in [0.2, 0.25) is 0 Å². The van der Waals surface area contributed by atoms with Crippen molar-refractivity contribution in [3.8, 4) is 11.5 Å². The second kappa shape index (κ2) is 9.16. The van der Waals surface area contributed by atoms with Crippen LogP contribution in [0.5, 0.6) is 11.5 Å². The van der Waals surface area contributed by atoms with Crippen molar-refractivity contribution in [2.45, 2.75) is 25.9 Å². The molecule has 2 aromatic heterocycles. The summed E-state index contributed by atoms with van der Waals surface area (Å²) in [6, 6.07) is 16.3. The van der Waals surface area contributed by atoms with Gasteiger partial charge in [-0.2, -0.15) is 0 Å². The summed E-state index contributed by atoms with van der Waals surface area (Å²) in [5, 5.41) is 3.73. The first-order valence-electron chi connectivity index (χ1n) is 10.8. The Morgan fingerprint density at radius 1 is 1.00 bits per heavy atom. The van der Waals surface area contributed by atoms with Crippen molar-refractivity contribution in [3.05, 3.63) is 94.1 Å². The van der Waals surface area contributed by atoms with Gasteiger partial charge in [0, 0.05) is 40.7 Å². The summed E-state index contributed by atoms with van der Waals surface area (Å²) >= 11 is 0. The lowest BCUT2D eigenvalue weighted by atomic mass is 10.1. The number of hydrogen-bond donors (Lipinski definition) is 1. The number of aromatic nitrogens is 1. The molecule has 1 amide bonds. The van der Waals surface area contributed by atoms with Crippen LogP contribution in [-0.2, 0) is 24.2 Å². The van der Waals surface area contributed by atoms with Gasteiger partial charge in [-0.25, -0.2) is 4.79 Å². The van der Waals surface area contributed by atoms with Gasteiger partial charge in [0.05, 0.1) is 0 Å². The minimum atomic E-state index is -0.297. The number of amides is 1. The average molecular weight is 442 g/mol. The Labute approximate surface area is 190 Å². The Balaban J connectivity index is 1.16. The van der Waals surface area contributed by atoms with E-state index < -0.39 is 0 Å². The average Bonchev–Trinajstić information content (AvgIpc) is 3.34. The van der Waals surface area contributed by atoms with Crippen LogP contribution in [-0.4, -0.2) is 17.5 Å². The zero-order valence-electron chi connectivity index (χ0n) is 17.9. The third-order valence-corrected chi connectivity index (χ3v) is 5.58. The van der Waals surface area contributed by atoms with Gasteiger partial charge in [-0.1, -0.05) is 6.07 Å². The van der Waals surface area contributed by atoms with Gasteiger partial charge in [-0.3, -0.25) is 9.78 Å². The second-order valence-electron chi connectivity index (χ2n) is 7.87. The van der Waals surface area contributed by atoms with E-state index in [1.165, 1.54) is 0 Å². The lowest BCUT2D eigenvalue weighted by molar-refractivity contribution is -0.118. The fraction of sp³-hybridized carbons (Fsp3) is 0.192. The zero-order valence-corrected chi connectivity index (χ0v) is 17.9. The Hall–Kier alpha value is -4.13. The number of hydrogen-bond acceptors (Lipinski definition) is 6. The number of rotatable bonds is 7. The topological polar surface area (TPSA) is 90.7 Å². The van der Waals surface area contributed by atoms with E-state index in [4.69, 9.17) is 13.9 Å². The molecular weight excluding hydrogens is 420 g/mol. The number of fused-ring (bicyclic) bond motifs is 3. The van der Waals surface area contributed by atoms with E-state index in [1.807, 2.05) is 18.2 Å². The van der Waals surface area contributed by atoms with Gasteiger partial charge in [0.25, 0.3) is 5.91 Å². The van der Waals surface area contributed by atoms with Crippen molar-refractivity contribution in [1.82, 2.24) is 4.98 Å². The molecule has 0 spiro atoms. The number of benzene rings is 2. The standard InChI is InChI=1S/C26H22N2O5/c29-25(28-18-6-8-19(9-7-18)31-15-17-3-2-12-27-14-17)16-32-20-10-11-22-21-4-1-5-23(21)26(30)33-24(22)13-20/h2-3,6-14H,1,4-5,15-16H2,(H,28,29). The molecule has 0 saturated heterocycles. The number of anilines is 1. The van der Waals surface area contributed by atoms with E-state index in [0.29, 0.717) is 29.4 Å². The molecule has 0 aliphatic heterocycles. The van der Waals surface area contributed by atoms with Crippen LogP contribution in [0.4, 0.5) is 5.69 Å². The van der Waals surface area contributed by atoms with Crippen LogP contribution >= 0.6 is 0 Å². The first-order valence-corrected chi connectivity index (χ1v) is 10.8. The molecule has 5 rings (SSSR count). The van der Waals surface area contributed by atoms with E-state index in [0.717, 1.165) is 41.3 Å². The monoisotopic (exact) mass is 442 g/mol. The summed E-state index contributed by atoms with van der Waals surface area (Å²) in [5.41, 5.74) is 3.67. The van der Waals surface area contributed by atoms with Gasteiger partial charge in [-0.05, 0) is 67.3 Å². The maximum absolute atomic E-state index is 12.3. The Kier molecular flexibility index (Phi) is 5.76. The van der Waals surface area contributed by atoms with E-state index in [2.05, 4.69) is 10.3 Å². The van der Waals surface area contributed by atoms with Crippen molar-refractivity contribution in [2.24, 2.45) is 0 Å². The largest absolute Gasteiger partial charge is 0.489 e. The van der Waals surface area contributed by atoms with Crippen LogP contribution in [0.15, 0.2) is 76.2 Å². The van der Waals surface area contributed by atoms with Crippen molar-refractivity contribution >= 4 is 22.6 Å². The molecule has 166 valence electrons. The molecule has 33 heavy (non-hydrogen) atoms. The molecule has 0 atom stereocenters. The molecular formula is C26H22N2O5. The molecule has 2 heterocycles. The third-order valence-electron chi connectivity index (χ3n) is 5.58. The second-order valence-corrected chi connectivity index (χ2v) is 7.87. The smallest absolute Gasteiger partial charge is 0.339 e. The van der Waals surface area contributed by atoms with Gasteiger partial charge < -0.3 is 19.2 Å². The molecule has 0 bridgehead atoms. The summed E-state index contributed by atoms with van der Waals surface area (Å²) < 4.78 is 16.8. The third kappa shape index (κ3) is 4.72. The van der Waals surface area contributed by atoms with Gasteiger partial charge in [-0.15, -0.1) is 0 Å². The van der Waals surface area contributed by atoms with Crippen LogP contribution in [0.3, 0.4) is 0 Å². The number of carbonyl (C=O) groups excluding carboxylic acids is 1. The fourth-order valence-electron chi connectivity index (χ4n) is 3.98. The SMILES string of the molecule is O=C(COc1ccc2c3c(c(=O)oc2c1)CCC3)Nc1ccc(OCc2cccnc2)cc1. The summed E-state index contributed by atoms with van der Waals surface area (Å²) in [5.74, 6) is 0.865. The van der Waals surface area contributed by atoms with E-state index in [9.17, 15) is 9.59 Å². The number of nitrogens with one attached hydrogen (secondary N) is 1. The van der Waals surface area contributed by atoms with Crippen LogP contribution < -0.4 is 20.4 Å². The molecule has 2 aromatic carbocycles. The molecule has 0 fully saturated rings. The van der Waals surface area contributed by atoms with Crippen LogP contribution in [0.1, 0.15) is 23.1 Å². The molecule has 7 heteroatoms. The van der Waals surface area contributed by atoms with Crippen molar-refractivity contribution in [3.63, 3.8) is 0 Å². The van der Waals surface area contributed by atoms with Gasteiger partial charge >= 0.3 is 5.63 Å². The Morgan fingerprint density at radius 3 is 2.64 bits per heavy atom. The highest BCUT2D eigenvalue weighted by Gasteiger charge is 2.19. The molecule has 0 radical (unpaired) electrons. The van der Waals surface area contributed by atoms with Gasteiger partial charge in [0.1, 0.15) is 23.7 Å². The first kappa shape index (κ1) is 20.8. The maximum Gasteiger partial charge on any atom is 0.339 e. The number of aryl methyl sites for hydroxylation is 1. The summed E-state index contributed by atoms with van der Waals surface area (Å²) in [4.78, 5) is 28.5. The van der Waals surface area contributed by atoms with E-state index in [-0.39, 0.29) is 18.1 Å². The van der Waals surface area contributed by atoms with E-state index in [1.54, 1.807) is 48.8 Å². The molecule has 0 saturated carbocycles. The van der Waals surface area contributed by atoms with Crippen LogP contribution in [0, 0.1) is 0 Å². The molecule has 0 unspecified atom stereocenters. The Morgan fingerprint density at radius 2 is 1.82 bits per heavy atom. The molecule has 1 aliphatic rings. The molecule has 4 aromatic rings. The molecule has 1 N–H and O–H groups in total. The number of nitrogens with zero attached hydrogens (tertiary/aromatic N) is 1. The normalized spacial score (nSPS) is 12.4. The quantitative estimate of drug-likeness (QED) is 0.430. The molecule has 1 aliphatic carbocycles. The highest BCUT2D eigenvalue weighted by molar-refractivity contribution is 5.92. The molecule has 7 nitrogen and oxygen atoms in total. The highest BCUT2D eigenvalue weighted by atomic mass is 16.5. The zero-order chi connectivity index (χ0) is 22.6. The fourth-order valence-corrected chi connectivity index (χ4v) is 3.98. The predicted octanol–water partition coefficient (Wildman–Crippen LogP) is 4.27. The number of ether oxygens (including phenoxy) is 2. The van der Waals surface area contributed by atoms with Crippen molar-refractivity contribution in [1.29, 1.82) is 0 Å². The lowest BCUT2D eigenvalue weighted by Crippen LogP contribution is -2.20.